The fourth-order valence-corrected chi connectivity index (χ4v) is 5.33. The number of carboxylic acids is 1. The Balaban J connectivity index is 1.74. The Kier molecular flexibility index (Phi) is 8.32. The molecule has 26 heavy (non-hydrogen) atoms. The molecule has 0 bridgehead atoms. The van der Waals surface area contributed by atoms with Crippen LogP contribution in [-0.2, 0) is 27.5 Å². The summed E-state index contributed by atoms with van der Waals surface area (Å²) < 4.78 is 24.9. The fourth-order valence-electron chi connectivity index (χ4n) is 2.94. The van der Waals surface area contributed by atoms with Gasteiger partial charge in [-0.05, 0) is 42.7 Å². The van der Waals surface area contributed by atoms with Crippen molar-refractivity contribution in [1.82, 2.24) is 0 Å². The van der Waals surface area contributed by atoms with Crippen molar-refractivity contribution in [2.75, 3.05) is 5.75 Å². The van der Waals surface area contributed by atoms with Gasteiger partial charge in [-0.1, -0.05) is 55.7 Å². The van der Waals surface area contributed by atoms with Crippen molar-refractivity contribution in [3.05, 3.63) is 58.3 Å². The lowest BCUT2D eigenvalue weighted by atomic mass is 10.1. The van der Waals surface area contributed by atoms with Gasteiger partial charge in [-0.3, -0.25) is 4.79 Å². The van der Waals surface area contributed by atoms with Crippen LogP contribution in [0.15, 0.2) is 47.8 Å². The second-order valence-corrected chi connectivity index (χ2v) is 9.80. The minimum absolute atomic E-state index is 0.119. The first-order valence-corrected chi connectivity index (χ1v) is 11.6. The lowest BCUT2D eigenvalue weighted by Gasteiger charge is -2.13. The average molecular weight is 395 g/mol. The largest absolute Gasteiger partial charge is 0.480 e. The maximum absolute atomic E-state index is 12.4. The maximum Gasteiger partial charge on any atom is 0.321 e. The van der Waals surface area contributed by atoms with Crippen LogP contribution in [0.25, 0.3) is 0 Å². The summed E-state index contributed by atoms with van der Waals surface area (Å²) in [6, 6.07) is 13.5. The van der Waals surface area contributed by atoms with Crippen LogP contribution in [0.1, 0.15) is 42.5 Å². The second-order valence-electron chi connectivity index (χ2n) is 6.46. The number of benzene rings is 1. The molecule has 0 saturated heterocycles. The van der Waals surface area contributed by atoms with Gasteiger partial charge in [-0.15, -0.1) is 11.3 Å². The number of thiophene rings is 1. The number of rotatable bonds is 12. The second kappa shape index (κ2) is 10.5. The highest BCUT2D eigenvalue weighted by molar-refractivity contribution is 7.92. The molecule has 142 valence electrons. The van der Waals surface area contributed by atoms with E-state index in [0.29, 0.717) is 12.8 Å². The van der Waals surface area contributed by atoms with Gasteiger partial charge in [-0.25, -0.2) is 8.42 Å². The van der Waals surface area contributed by atoms with E-state index in [9.17, 15) is 18.3 Å². The van der Waals surface area contributed by atoms with Crippen LogP contribution in [-0.4, -0.2) is 30.5 Å². The third-order valence-electron chi connectivity index (χ3n) is 4.45. The number of carbonyl (C=O) groups is 1. The minimum Gasteiger partial charge on any atom is -0.480 e. The van der Waals surface area contributed by atoms with E-state index >= 15 is 0 Å². The molecule has 1 aromatic heterocycles. The molecular weight excluding hydrogens is 368 g/mol. The molecule has 0 spiro atoms. The molecule has 2 aromatic rings. The predicted octanol–water partition coefficient (Wildman–Crippen LogP) is 4.35. The lowest BCUT2D eigenvalue weighted by molar-refractivity contribution is -0.136. The summed E-state index contributed by atoms with van der Waals surface area (Å²) >= 11 is 1.75. The molecule has 1 atom stereocenters. The number of sulfone groups is 1. The molecule has 1 heterocycles. The number of aliphatic carboxylic acids is 1. The number of hydrogen-bond acceptors (Lipinski definition) is 4. The zero-order valence-corrected chi connectivity index (χ0v) is 16.5. The molecule has 0 radical (unpaired) electrons. The number of carboxylic acid groups (broad SMARTS) is 1. The Bertz CT molecular complexity index is 752. The Hall–Kier alpha value is -1.66. The molecule has 1 aromatic carbocycles. The highest BCUT2D eigenvalue weighted by atomic mass is 32.2. The Morgan fingerprint density at radius 2 is 1.69 bits per heavy atom. The van der Waals surface area contributed by atoms with Crippen LogP contribution in [0.5, 0.6) is 0 Å². The zero-order chi connectivity index (χ0) is 18.8. The van der Waals surface area contributed by atoms with E-state index in [4.69, 9.17) is 0 Å². The predicted molar refractivity (Wildman–Crippen MR) is 106 cm³/mol. The third kappa shape index (κ3) is 6.92. The van der Waals surface area contributed by atoms with Crippen molar-refractivity contribution in [2.24, 2.45) is 0 Å². The van der Waals surface area contributed by atoms with E-state index in [0.717, 1.165) is 31.2 Å². The van der Waals surface area contributed by atoms with Crippen LogP contribution in [0.3, 0.4) is 0 Å². The summed E-state index contributed by atoms with van der Waals surface area (Å²) in [6.07, 6.45) is 5.14. The number of hydrogen-bond donors (Lipinski definition) is 1. The first-order valence-electron chi connectivity index (χ1n) is 9.00. The van der Waals surface area contributed by atoms with Gasteiger partial charge in [0.2, 0.25) is 0 Å². The summed E-state index contributed by atoms with van der Waals surface area (Å²) in [5.41, 5.74) is 0.911. The Morgan fingerprint density at radius 1 is 0.962 bits per heavy atom. The van der Waals surface area contributed by atoms with Crippen LogP contribution >= 0.6 is 11.3 Å². The normalized spacial score (nSPS) is 12.8. The SMILES string of the molecule is O=C(O)C(CCCCCCc1cccs1)S(=O)(=O)CCc1ccccc1. The average Bonchev–Trinajstić information content (AvgIpc) is 3.13. The van der Waals surface area contributed by atoms with Crippen LogP contribution < -0.4 is 0 Å². The number of aryl methyl sites for hydroxylation is 2. The quantitative estimate of drug-likeness (QED) is 0.543. The molecule has 0 fully saturated rings. The van der Waals surface area contributed by atoms with Crippen molar-refractivity contribution < 1.29 is 18.3 Å². The Morgan fingerprint density at radius 3 is 2.35 bits per heavy atom. The van der Waals surface area contributed by atoms with Crippen molar-refractivity contribution >= 4 is 27.1 Å². The van der Waals surface area contributed by atoms with Crippen molar-refractivity contribution in [3.63, 3.8) is 0 Å². The van der Waals surface area contributed by atoms with E-state index in [2.05, 4.69) is 11.4 Å². The molecule has 0 saturated carbocycles. The summed E-state index contributed by atoms with van der Waals surface area (Å²) in [5, 5.41) is 10.1. The van der Waals surface area contributed by atoms with Gasteiger partial charge in [0.15, 0.2) is 15.1 Å². The molecule has 2 rings (SSSR count). The van der Waals surface area contributed by atoms with Crippen molar-refractivity contribution in [2.45, 2.75) is 50.2 Å². The van der Waals surface area contributed by atoms with Crippen molar-refractivity contribution in [1.29, 1.82) is 0 Å². The highest BCUT2D eigenvalue weighted by Crippen LogP contribution is 2.17. The minimum atomic E-state index is -3.65. The van der Waals surface area contributed by atoms with Crippen LogP contribution in [0.2, 0.25) is 0 Å². The van der Waals surface area contributed by atoms with E-state index in [1.54, 1.807) is 11.3 Å². The maximum atomic E-state index is 12.4. The third-order valence-corrected chi connectivity index (χ3v) is 7.46. The zero-order valence-electron chi connectivity index (χ0n) is 14.8. The molecular formula is C20H26O4S2. The first-order chi connectivity index (χ1) is 12.5. The highest BCUT2D eigenvalue weighted by Gasteiger charge is 2.31. The summed E-state index contributed by atoms with van der Waals surface area (Å²) in [6.45, 7) is 0. The van der Waals surface area contributed by atoms with Gasteiger partial charge in [0.1, 0.15) is 0 Å². The molecule has 4 nitrogen and oxygen atoms in total. The van der Waals surface area contributed by atoms with E-state index < -0.39 is 21.1 Å². The molecule has 0 aliphatic rings. The van der Waals surface area contributed by atoms with Crippen LogP contribution in [0, 0.1) is 0 Å². The standard InChI is InChI=1S/C20H26O4S2/c21-20(22)19(13-7-2-1-6-11-18-12-8-15-25-18)26(23,24)16-14-17-9-4-3-5-10-17/h3-5,8-10,12,15,19H,1-2,6-7,11,13-14,16H2,(H,21,22). The van der Waals surface area contributed by atoms with E-state index in [-0.39, 0.29) is 12.2 Å². The smallest absolute Gasteiger partial charge is 0.321 e. The van der Waals surface area contributed by atoms with Gasteiger partial charge in [0.05, 0.1) is 5.75 Å². The summed E-state index contributed by atoms with van der Waals surface area (Å²) in [7, 11) is -3.65. The topological polar surface area (TPSA) is 71.4 Å². The molecule has 0 aliphatic carbocycles. The van der Waals surface area contributed by atoms with E-state index in [1.165, 1.54) is 4.88 Å². The molecule has 1 N–H and O–H groups in total. The lowest BCUT2D eigenvalue weighted by Crippen LogP contribution is -2.32. The Labute approximate surface area is 159 Å². The van der Waals surface area contributed by atoms with Gasteiger partial charge in [0, 0.05) is 4.88 Å². The van der Waals surface area contributed by atoms with Gasteiger partial charge < -0.3 is 5.11 Å². The van der Waals surface area contributed by atoms with Crippen molar-refractivity contribution in [3.8, 4) is 0 Å². The fraction of sp³-hybridized carbons (Fsp3) is 0.450. The number of unbranched alkanes of at least 4 members (excludes halogenated alkanes) is 3. The summed E-state index contributed by atoms with van der Waals surface area (Å²) in [5.74, 6) is -1.34. The first kappa shape index (κ1) is 20.6. The molecule has 0 amide bonds. The van der Waals surface area contributed by atoms with Gasteiger partial charge in [-0.2, -0.15) is 0 Å². The molecule has 0 aliphatic heterocycles. The van der Waals surface area contributed by atoms with E-state index in [1.807, 2.05) is 36.4 Å². The monoisotopic (exact) mass is 394 g/mol. The van der Waals surface area contributed by atoms with Gasteiger partial charge >= 0.3 is 5.97 Å². The molecule has 1 unspecified atom stereocenters. The van der Waals surface area contributed by atoms with Crippen LogP contribution in [0.4, 0.5) is 0 Å². The van der Waals surface area contributed by atoms with Gasteiger partial charge in [0.25, 0.3) is 0 Å². The summed E-state index contributed by atoms with van der Waals surface area (Å²) in [4.78, 5) is 12.8. The molecule has 6 heteroatoms.